The summed E-state index contributed by atoms with van der Waals surface area (Å²) in [7, 11) is 0. The molecule has 1 rings (SSSR count). The van der Waals surface area contributed by atoms with Crippen LogP contribution in [-0.2, 0) is 6.18 Å². The lowest BCUT2D eigenvalue weighted by atomic mass is 10.1. The first-order valence-electron chi connectivity index (χ1n) is 5.98. The van der Waals surface area contributed by atoms with E-state index in [4.69, 9.17) is 0 Å². The molecule has 1 heterocycles. The maximum atomic E-state index is 12.6. The highest BCUT2D eigenvalue weighted by molar-refractivity contribution is 5.23. The number of rotatable bonds is 3. The van der Waals surface area contributed by atoms with Crippen molar-refractivity contribution >= 4 is 0 Å². The summed E-state index contributed by atoms with van der Waals surface area (Å²) in [6.07, 6.45) is -5.57. The molecule has 0 amide bonds. The van der Waals surface area contributed by atoms with Gasteiger partial charge in [0, 0.05) is 12.1 Å². The summed E-state index contributed by atoms with van der Waals surface area (Å²) in [5.74, 6) is 0. The molecule has 19 heavy (non-hydrogen) atoms. The number of aliphatic hydroxyl groups excluding tert-OH is 1. The molecule has 3 nitrogen and oxygen atoms in total. The minimum atomic E-state index is -4.50. The molecule has 1 aromatic heterocycles. The van der Waals surface area contributed by atoms with Crippen LogP contribution in [0.15, 0.2) is 12.1 Å². The van der Waals surface area contributed by atoms with Gasteiger partial charge in [-0.15, -0.1) is 0 Å². The lowest BCUT2D eigenvalue weighted by Crippen LogP contribution is -2.38. The van der Waals surface area contributed by atoms with Gasteiger partial charge in [0.1, 0.15) is 11.8 Å². The van der Waals surface area contributed by atoms with Gasteiger partial charge < -0.3 is 10.4 Å². The first-order valence-corrected chi connectivity index (χ1v) is 5.98. The highest BCUT2D eigenvalue weighted by Crippen LogP contribution is 2.29. The molecule has 1 atom stereocenters. The van der Waals surface area contributed by atoms with Gasteiger partial charge in [-0.1, -0.05) is 0 Å². The van der Waals surface area contributed by atoms with Crippen LogP contribution in [0.5, 0.6) is 0 Å². The van der Waals surface area contributed by atoms with E-state index in [1.165, 1.54) is 6.07 Å². The molecule has 0 spiro atoms. The van der Waals surface area contributed by atoms with E-state index in [2.05, 4.69) is 10.3 Å². The summed E-state index contributed by atoms with van der Waals surface area (Å²) in [5, 5.41) is 12.9. The average Bonchev–Trinajstić information content (AvgIpc) is 2.22. The minimum absolute atomic E-state index is 0.0316. The Hall–Kier alpha value is -1.14. The molecule has 6 heteroatoms. The van der Waals surface area contributed by atoms with Crippen molar-refractivity contribution in [3.63, 3.8) is 0 Å². The summed E-state index contributed by atoms with van der Waals surface area (Å²) in [4.78, 5) is 3.49. The zero-order valence-corrected chi connectivity index (χ0v) is 11.5. The third kappa shape index (κ3) is 5.16. The van der Waals surface area contributed by atoms with Gasteiger partial charge in [-0.2, -0.15) is 13.2 Å². The quantitative estimate of drug-likeness (QED) is 0.892. The molecule has 0 saturated carbocycles. The summed E-state index contributed by atoms with van der Waals surface area (Å²) in [5.41, 5.74) is -0.744. The number of nitrogens with one attached hydrogen (secondary N) is 1. The molecular formula is C13H19F3N2O. The molecule has 2 N–H and O–H groups in total. The summed E-state index contributed by atoms with van der Waals surface area (Å²) in [6, 6.07) is 2.43. The van der Waals surface area contributed by atoms with Crippen molar-refractivity contribution < 1.29 is 18.3 Å². The lowest BCUT2D eigenvalue weighted by Gasteiger charge is -2.23. The van der Waals surface area contributed by atoms with Crippen LogP contribution in [0.3, 0.4) is 0 Å². The van der Waals surface area contributed by atoms with Crippen LogP contribution in [0.25, 0.3) is 0 Å². The number of aromatic nitrogens is 1. The van der Waals surface area contributed by atoms with Gasteiger partial charge in [-0.05, 0) is 45.4 Å². The second kappa shape index (κ2) is 5.46. The van der Waals surface area contributed by atoms with Gasteiger partial charge in [0.25, 0.3) is 0 Å². The van der Waals surface area contributed by atoms with Gasteiger partial charge in [0.2, 0.25) is 0 Å². The molecule has 1 aromatic rings. The first kappa shape index (κ1) is 15.9. The molecule has 0 unspecified atom stereocenters. The van der Waals surface area contributed by atoms with Gasteiger partial charge in [-0.25, -0.2) is 4.98 Å². The smallest absolute Gasteiger partial charge is 0.385 e. The largest absolute Gasteiger partial charge is 0.433 e. The topological polar surface area (TPSA) is 45.1 Å². The van der Waals surface area contributed by atoms with Gasteiger partial charge in [0.05, 0.1) is 5.69 Å². The Morgan fingerprint density at radius 1 is 1.26 bits per heavy atom. The van der Waals surface area contributed by atoms with E-state index in [1.807, 2.05) is 20.8 Å². The molecule has 0 saturated heterocycles. The Kier molecular flexibility index (Phi) is 4.58. The number of alkyl halides is 3. The van der Waals surface area contributed by atoms with E-state index < -0.39 is 18.0 Å². The fourth-order valence-corrected chi connectivity index (χ4v) is 1.52. The highest BCUT2D eigenvalue weighted by Gasteiger charge is 2.33. The molecule has 108 valence electrons. The molecule has 0 bridgehead atoms. The van der Waals surface area contributed by atoms with E-state index in [-0.39, 0.29) is 17.8 Å². The molecule has 0 aliphatic heterocycles. The van der Waals surface area contributed by atoms with Crippen LogP contribution in [0.2, 0.25) is 0 Å². The minimum Gasteiger partial charge on any atom is -0.385 e. The zero-order chi connectivity index (χ0) is 14.8. The summed E-state index contributed by atoms with van der Waals surface area (Å²) >= 11 is 0. The molecule has 0 aromatic carbocycles. The second-order valence-corrected chi connectivity index (χ2v) is 5.60. The lowest BCUT2D eigenvalue weighted by molar-refractivity contribution is -0.141. The molecule has 0 fully saturated rings. The van der Waals surface area contributed by atoms with E-state index in [1.54, 1.807) is 6.92 Å². The fourth-order valence-electron chi connectivity index (χ4n) is 1.52. The van der Waals surface area contributed by atoms with Crippen molar-refractivity contribution in [1.29, 1.82) is 0 Å². The van der Waals surface area contributed by atoms with Crippen molar-refractivity contribution in [2.75, 3.05) is 6.54 Å². The average molecular weight is 276 g/mol. The zero-order valence-electron chi connectivity index (χ0n) is 11.5. The van der Waals surface area contributed by atoms with Crippen molar-refractivity contribution in [2.45, 2.75) is 45.5 Å². The molecule has 0 aliphatic rings. The number of hydrogen-bond donors (Lipinski definition) is 2. The predicted molar refractivity (Wildman–Crippen MR) is 66.7 cm³/mol. The number of β-amino-alcohol motifs (C(OH)–C–C–N with tert-alkyl or cyclic N) is 1. The normalized spacial score (nSPS) is 14.5. The van der Waals surface area contributed by atoms with Crippen molar-refractivity contribution in [1.82, 2.24) is 10.3 Å². The van der Waals surface area contributed by atoms with E-state index >= 15 is 0 Å². The van der Waals surface area contributed by atoms with Crippen LogP contribution < -0.4 is 5.32 Å². The maximum Gasteiger partial charge on any atom is 0.433 e. The maximum absolute atomic E-state index is 12.6. The molecule has 0 radical (unpaired) electrons. The monoisotopic (exact) mass is 276 g/mol. The Morgan fingerprint density at radius 3 is 2.32 bits per heavy atom. The van der Waals surface area contributed by atoms with Gasteiger partial charge in [0.15, 0.2) is 0 Å². The Labute approximate surface area is 110 Å². The SMILES string of the molecule is Cc1cc([C@@H](O)CNC(C)(C)C)nc(C(F)(F)F)c1. The predicted octanol–water partition coefficient (Wildman–Crippen LogP) is 2.83. The number of aliphatic hydroxyl groups is 1. The standard InChI is InChI=1S/C13H19F3N2O/c1-8-5-9(10(19)7-17-12(2,3)4)18-11(6-8)13(14,15)16/h5-6,10,17,19H,7H2,1-4H3/t10-/m0/s1. The van der Waals surface area contributed by atoms with Crippen molar-refractivity contribution in [3.05, 3.63) is 29.1 Å². The van der Waals surface area contributed by atoms with Gasteiger partial charge >= 0.3 is 6.18 Å². The first-order chi connectivity index (χ1) is 8.49. The molecular weight excluding hydrogens is 257 g/mol. The number of pyridine rings is 1. The summed E-state index contributed by atoms with van der Waals surface area (Å²) < 4.78 is 37.9. The Balaban J connectivity index is 2.91. The van der Waals surface area contributed by atoms with Crippen LogP contribution >= 0.6 is 0 Å². The van der Waals surface area contributed by atoms with E-state index in [9.17, 15) is 18.3 Å². The van der Waals surface area contributed by atoms with E-state index in [0.717, 1.165) is 6.07 Å². The Bertz CT molecular complexity index is 438. The van der Waals surface area contributed by atoms with Crippen molar-refractivity contribution in [2.24, 2.45) is 0 Å². The Morgan fingerprint density at radius 2 is 1.84 bits per heavy atom. The summed E-state index contributed by atoms with van der Waals surface area (Å²) in [6.45, 7) is 7.42. The number of aryl methyl sites for hydroxylation is 1. The van der Waals surface area contributed by atoms with Crippen LogP contribution in [0, 0.1) is 6.92 Å². The van der Waals surface area contributed by atoms with E-state index in [0.29, 0.717) is 5.56 Å². The van der Waals surface area contributed by atoms with Gasteiger partial charge in [-0.3, -0.25) is 0 Å². The fraction of sp³-hybridized carbons (Fsp3) is 0.615. The molecule has 0 aliphatic carbocycles. The second-order valence-electron chi connectivity index (χ2n) is 5.60. The van der Waals surface area contributed by atoms with Crippen LogP contribution in [0.1, 0.15) is 43.8 Å². The number of nitrogens with zero attached hydrogens (tertiary/aromatic N) is 1. The van der Waals surface area contributed by atoms with Crippen LogP contribution in [0.4, 0.5) is 13.2 Å². The van der Waals surface area contributed by atoms with Crippen molar-refractivity contribution in [3.8, 4) is 0 Å². The number of halogens is 3. The third-order valence-corrected chi connectivity index (χ3v) is 2.45. The third-order valence-electron chi connectivity index (χ3n) is 2.45. The highest BCUT2D eigenvalue weighted by atomic mass is 19.4. The van der Waals surface area contributed by atoms with Crippen LogP contribution in [-0.4, -0.2) is 22.2 Å². The number of hydrogen-bond acceptors (Lipinski definition) is 3.